The Morgan fingerprint density at radius 2 is 1.93 bits per heavy atom. The summed E-state index contributed by atoms with van der Waals surface area (Å²) in [5.41, 5.74) is 2.14. The standard InChI is InChI=1S/C22H23ClN2O4S/c1-22(2)18(19(26)24-11-12-7-5-6-8-14(12)23)25-20(27)16-13(21(25)30-22)9-10-15(28-3)17(16)29-4/h5-10,18,21H,11H2,1-4H3,(H,24,26)/t18-,21?/m1/s1. The molecule has 2 aromatic carbocycles. The van der Waals surface area contributed by atoms with E-state index in [0.717, 1.165) is 11.1 Å². The van der Waals surface area contributed by atoms with Crippen molar-refractivity contribution in [3.8, 4) is 11.5 Å². The predicted molar refractivity (Wildman–Crippen MR) is 117 cm³/mol. The number of carbonyl (C=O) groups excluding carboxylic acids is 2. The van der Waals surface area contributed by atoms with Crippen LogP contribution < -0.4 is 14.8 Å². The van der Waals surface area contributed by atoms with Gasteiger partial charge in [-0.15, -0.1) is 11.8 Å². The third-order valence-corrected chi connectivity index (χ3v) is 7.46. The lowest BCUT2D eigenvalue weighted by Crippen LogP contribution is -2.52. The fourth-order valence-electron chi connectivity index (χ4n) is 4.18. The second-order valence-corrected chi connectivity index (χ2v) is 9.90. The smallest absolute Gasteiger partial charge is 0.260 e. The molecule has 1 N–H and O–H groups in total. The van der Waals surface area contributed by atoms with Crippen LogP contribution in [-0.2, 0) is 11.3 Å². The first-order chi connectivity index (χ1) is 14.3. The van der Waals surface area contributed by atoms with E-state index in [9.17, 15) is 9.59 Å². The van der Waals surface area contributed by atoms with Gasteiger partial charge in [0.25, 0.3) is 5.91 Å². The maximum atomic E-state index is 13.4. The molecule has 0 bridgehead atoms. The van der Waals surface area contributed by atoms with Crippen molar-refractivity contribution in [1.29, 1.82) is 0 Å². The van der Waals surface area contributed by atoms with Crippen LogP contribution in [0.4, 0.5) is 0 Å². The van der Waals surface area contributed by atoms with Crippen LogP contribution in [-0.4, -0.2) is 41.7 Å². The Labute approximate surface area is 184 Å². The van der Waals surface area contributed by atoms with Gasteiger partial charge < -0.3 is 19.7 Å². The lowest BCUT2D eigenvalue weighted by atomic mass is 10.0. The van der Waals surface area contributed by atoms with Crippen LogP contribution in [0.15, 0.2) is 36.4 Å². The lowest BCUT2D eigenvalue weighted by Gasteiger charge is -2.29. The number of fused-ring (bicyclic) bond motifs is 3. The molecule has 158 valence electrons. The van der Waals surface area contributed by atoms with Crippen molar-refractivity contribution in [2.75, 3.05) is 14.2 Å². The number of hydrogen-bond acceptors (Lipinski definition) is 5. The van der Waals surface area contributed by atoms with Gasteiger partial charge in [0.05, 0.1) is 19.8 Å². The summed E-state index contributed by atoms with van der Waals surface area (Å²) in [6.07, 6.45) is 0. The normalized spacial score (nSPS) is 21.2. The topological polar surface area (TPSA) is 67.9 Å². The van der Waals surface area contributed by atoms with Crippen molar-refractivity contribution >= 4 is 35.2 Å². The molecular formula is C22H23ClN2O4S. The highest BCUT2D eigenvalue weighted by molar-refractivity contribution is 8.01. The number of nitrogens with one attached hydrogen (secondary N) is 1. The molecule has 0 saturated carbocycles. The number of rotatable bonds is 5. The van der Waals surface area contributed by atoms with Gasteiger partial charge in [-0.25, -0.2) is 0 Å². The Morgan fingerprint density at radius 1 is 1.20 bits per heavy atom. The zero-order chi connectivity index (χ0) is 21.6. The molecule has 2 aliphatic rings. The van der Waals surface area contributed by atoms with E-state index < -0.39 is 10.8 Å². The summed E-state index contributed by atoms with van der Waals surface area (Å²) in [5, 5.41) is 3.31. The number of benzene rings is 2. The summed E-state index contributed by atoms with van der Waals surface area (Å²) in [6.45, 7) is 4.28. The van der Waals surface area contributed by atoms with Gasteiger partial charge in [0.15, 0.2) is 11.5 Å². The highest BCUT2D eigenvalue weighted by Gasteiger charge is 2.58. The van der Waals surface area contributed by atoms with Crippen LogP contribution in [0.1, 0.15) is 40.7 Å². The van der Waals surface area contributed by atoms with Crippen molar-refractivity contribution in [2.45, 2.75) is 36.6 Å². The first-order valence-electron chi connectivity index (χ1n) is 9.56. The summed E-state index contributed by atoms with van der Waals surface area (Å²) in [6, 6.07) is 10.4. The van der Waals surface area contributed by atoms with Gasteiger partial charge in [-0.3, -0.25) is 9.59 Å². The Kier molecular flexibility index (Phi) is 5.36. The quantitative estimate of drug-likeness (QED) is 0.751. The van der Waals surface area contributed by atoms with Gasteiger partial charge in [-0.1, -0.05) is 35.9 Å². The maximum Gasteiger partial charge on any atom is 0.260 e. The minimum atomic E-state index is -0.634. The Hall–Kier alpha value is -2.38. The van der Waals surface area contributed by atoms with E-state index in [2.05, 4.69) is 5.32 Å². The molecule has 1 saturated heterocycles. The van der Waals surface area contributed by atoms with Gasteiger partial charge in [0, 0.05) is 21.9 Å². The maximum absolute atomic E-state index is 13.4. The number of thioether (sulfide) groups is 1. The molecule has 2 aliphatic heterocycles. The first-order valence-corrected chi connectivity index (χ1v) is 10.8. The van der Waals surface area contributed by atoms with E-state index in [0.29, 0.717) is 28.6 Å². The average molecular weight is 447 g/mol. The van der Waals surface area contributed by atoms with Crippen LogP contribution in [0.5, 0.6) is 11.5 Å². The molecule has 2 aromatic rings. The van der Waals surface area contributed by atoms with Gasteiger partial charge >= 0.3 is 0 Å². The minimum absolute atomic E-state index is 0.206. The fraction of sp³-hybridized carbons (Fsp3) is 0.364. The molecule has 1 fully saturated rings. The molecule has 2 atom stereocenters. The number of carbonyl (C=O) groups is 2. The number of halogens is 1. The van der Waals surface area contributed by atoms with E-state index in [1.807, 2.05) is 38.1 Å². The molecule has 0 radical (unpaired) electrons. The molecule has 6 nitrogen and oxygen atoms in total. The summed E-state index contributed by atoms with van der Waals surface area (Å²) < 4.78 is 10.4. The van der Waals surface area contributed by atoms with Crippen molar-refractivity contribution in [3.63, 3.8) is 0 Å². The lowest BCUT2D eigenvalue weighted by molar-refractivity contribution is -0.126. The number of nitrogens with zero attached hydrogens (tertiary/aromatic N) is 1. The van der Waals surface area contributed by atoms with E-state index in [4.69, 9.17) is 21.1 Å². The summed E-state index contributed by atoms with van der Waals surface area (Å²) in [4.78, 5) is 28.3. The summed E-state index contributed by atoms with van der Waals surface area (Å²) in [7, 11) is 3.05. The molecule has 1 unspecified atom stereocenters. The highest BCUT2D eigenvalue weighted by atomic mass is 35.5. The summed E-state index contributed by atoms with van der Waals surface area (Å²) >= 11 is 7.81. The fourth-order valence-corrected chi connectivity index (χ4v) is 5.96. The molecule has 0 aromatic heterocycles. The van der Waals surface area contributed by atoms with Crippen molar-refractivity contribution in [2.24, 2.45) is 0 Å². The van der Waals surface area contributed by atoms with Crippen LogP contribution in [0.3, 0.4) is 0 Å². The highest BCUT2D eigenvalue weighted by Crippen LogP contribution is 2.58. The monoisotopic (exact) mass is 446 g/mol. The van der Waals surface area contributed by atoms with E-state index in [1.165, 1.54) is 14.2 Å². The molecular weight excluding hydrogens is 424 g/mol. The molecule has 0 aliphatic carbocycles. The Morgan fingerprint density at radius 3 is 2.60 bits per heavy atom. The number of methoxy groups -OCH3 is 2. The second-order valence-electron chi connectivity index (χ2n) is 7.76. The number of hydrogen-bond donors (Lipinski definition) is 1. The number of amides is 2. The van der Waals surface area contributed by atoms with E-state index in [1.54, 1.807) is 28.8 Å². The largest absolute Gasteiger partial charge is 0.493 e. The van der Waals surface area contributed by atoms with Crippen molar-refractivity contribution in [1.82, 2.24) is 10.2 Å². The van der Waals surface area contributed by atoms with Crippen molar-refractivity contribution in [3.05, 3.63) is 58.1 Å². The first kappa shape index (κ1) is 20.9. The van der Waals surface area contributed by atoms with Gasteiger partial charge in [-0.05, 0) is 31.5 Å². The third-order valence-electron chi connectivity index (χ3n) is 5.56. The van der Waals surface area contributed by atoms with Crippen molar-refractivity contribution < 1.29 is 19.1 Å². The van der Waals surface area contributed by atoms with E-state index >= 15 is 0 Å². The van der Waals surface area contributed by atoms with Gasteiger partial charge in [0.2, 0.25) is 5.91 Å². The number of ether oxygens (including phenoxy) is 2. The zero-order valence-corrected chi connectivity index (χ0v) is 18.8. The molecule has 8 heteroatoms. The Balaban J connectivity index is 1.65. The van der Waals surface area contributed by atoms with Gasteiger partial charge in [-0.2, -0.15) is 0 Å². The summed E-state index contributed by atoms with van der Waals surface area (Å²) in [5.74, 6) is 0.474. The van der Waals surface area contributed by atoms with Gasteiger partial charge in [0.1, 0.15) is 11.4 Å². The van der Waals surface area contributed by atoms with Crippen LogP contribution in [0, 0.1) is 0 Å². The molecule has 2 heterocycles. The second kappa shape index (κ2) is 7.71. The van der Waals surface area contributed by atoms with Crippen LogP contribution in [0.2, 0.25) is 5.02 Å². The average Bonchev–Trinajstić information content (AvgIpc) is 3.15. The Bertz CT molecular complexity index is 1030. The molecule has 2 amide bonds. The molecule has 0 spiro atoms. The minimum Gasteiger partial charge on any atom is -0.493 e. The SMILES string of the molecule is COc1ccc2c(c1OC)C(=O)N1C2SC(C)(C)[C@H]1C(=O)NCc1ccccc1Cl. The molecule has 30 heavy (non-hydrogen) atoms. The predicted octanol–water partition coefficient (Wildman–Crippen LogP) is 4.02. The zero-order valence-electron chi connectivity index (χ0n) is 17.2. The van der Waals surface area contributed by atoms with Crippen LogP contribution in [0.25, 0.3) is 0 Å². The third kappa shape index (κ3) is 3.20. The molecule has 4 rings (SSSR count). The van der Waals surface area contributed by atoms with E-state index in [-0.39, 0.29) is 17.2 Å². The van der Waals surface area contributed by atoms with Crippen LogP contribution >= 0.6 is 23.4 Å².